The smallest absolute Gasteiger partial charge is 0.225 e. The maximum atomic E-state index is 12.9. The van der Waals surface area contributed by atoms with E-state index < -0.39 is 5.82 Å². The van der Waals surface area contributed by atoms with Crippen LogP contribution in [0.3, 0.4) is 0 Å². The molecule has 0 bridgehead atoms. The normalized spacial score (nSPS) is 10.4. The topological polar surface area (TPSA) is 78.1 Å². The molecular weight excluding hydrogens is 333 g/mol. The zero-order chi connectivity index (χ0) is 17.1. The van der Waals surface area contributed by atoms with Crippen LogP contribution in [0.1, 0.15) is 15.9 Å². The molecule has 1 heterocycles. The maximum absolute atomic E-state index is 12.9. The number of aromatic nitrogens is 2. The molecule has 3 rings (SSSR count). The van der Waals surface area contributed by atoms with Gasteiger partial charge in [-0.3, -0.25) is 4.79 Å². The third-order valence-electron chi connectivity index (χ3n) is 3.13. The van der Waals surface area contributed by atoms with Gasteiger partial charge in [-0.2, -0.15) is 4.98 Å². The number of hydrogen-bond donors (Lipinski definition) is 1. The summed E-state index contributed by atoms with van der Waals surface area (Å²) >= 11 is 5.78. The zero-order valence-electron chi connectivity index (χ0n) is 12.2. The van der Waals surface area contributed by atoms with Crippen LogP contribution in [0.4, 0.5) is 10.3 Å². The van der Waals surface area contributed by atoms with Crippen LogP contribution in [0.2, 0.25) is 5.15 Å². The van der Waals surface area contributed by atoms with Gasteiger partial charge in [-0.05, 0) is 48.5 Å². The highest BCUT2D eigenvalue weighted by Gasteiger charge is 2.10. The van der Waals surface area contributed by atoms with Crippen molar-refractivity contribution >= 4 is 23.3 Å². The third-order valence-corrected chi connectivity index (χ3v) is 3.33. The first-order chi connectivity index (χ1) is 11.5. The Labute approximate surface area is 141 Å². The number of nitrogens with two attached hydrogens (primary N) is 1. The van der Waals surface area contributed by atoms with E-state index in [1.54, 1.807) is 24.3 Å². The number of carbonyl (C=O) groups is 1. The van der Waals surface area contributed by atoms with Crippen molar-refractivity contribution in [3.8, 4) is 11.6 Å². The lowest BCUT2D eigenvalue weighted by Crippen LogP contribution is -2.01. The van der Waals surface area contributed by atoms with Gasteiger partial charge < -0.3 is 10.5 Å². The van der Waals surface area contributed by atoms with Gasteiger partial charge in [0.1, 0.15) is 16.7 Å². The molecule has 0 saturated carbocycles. The Morgan fingerprint density at radius 2 is 1.58 bits per heavy atom. The number of hydrogen-bond acceptors (Lipinski definition) is 5. The second-order valence-corrected chi connectivity index (χ2v) is 5.24. The highest BCUT2D eigenvalue weighted by Crippen LogP contribution is 2.23. The van der Waals surface area contributed by atoms with Gasteiger partial charge in [0.2, 0.25) is 11.8 Å². The van der Waals surface area contributed by atoms with Crippen molar-refractivity contribution in [1.29, 1.82) is 0 Å². The molecule has 0 atom stereocenters. The lowest BCUT2D eigenvalue weighted by Gasteiger charge is -2.06. The molecule has 5 nitrogen and oxygen atoms in total. The van der Waals surface area contributed by atoms with Gasteiger partial charge in [-0.25, -0.2) is 9.37 Å². The van der Waals surface area contributed by atoms with Crippen LogP contribution in [0.5, 0.6) is 11.6 Å². The molecule has 1 aromatic heterocycles. The Bertz CT molecular complexity index is 863. The first kappa shape index (κ1) is 15.9. The van der Waals surface area contributed by atoms with Crippen LogP contribution in [-0.4, -0.2) is 15.8 Å². The predicted octanol–water partition coefficient (Wildman–Crippen LogP) is 3.87. The van der Waals surface area contributed by atoms with Crippen LogP contribution >= 0.6 is 11.6 Å². The summed E-state index contributed by atoms with van der Waals surface area (Å²) in [5.41, 5.74) is 6.35. The quantitative estimate of drug-likeness (QED) is 0.574. The fraction of sp³-hybridized carbons (Fsp3) is 0. The van der Waals surface area contributed by atoms with E-state index >= 15 is 0 Å². The Kier molecular flexibility index (Phi) is 4.39. The molecule has 0 saturated heterocycles. The van der Waals surface area contributed by atoms with Gasteiger partial charge in [0, 0.05) is 17.2 Å². The minimum atomic E-state index is -0.391. The fourth-order valence-electron chi connectivity index (χ4n) is 2.03. The number of ketones is 1. The Hall–Kier alpha value is -2.99. The second kappa shape index (κ2) is 6.64. The van der Waals surface area contributed by atoms with Gasteiger partial charge >= 0.3 is 0 Å². The van der Waals surface area contributed by atoms with Gasteiger partial charge in [-0.15, -0.1) is 0 Å². The van der Waals surface area contributed by atoms with E-state index in [0.717, 1.165) is 0 Å². The van der Waals surface area contributed by atoms with Crippen molar-refractivity contribution in [2.24, 2.45) is 0 Å². The van der Waals surface area contributed by atoms with Crippen molar-refractivity contribution in [1.82, 2.24) is 9.97 Å². The summed E-state index contributed by atoms with van der Waals surface area (Å²) in [5, 5.41) is 0.167. The zero-order valence-corrected chi connectivity index (χ0v) is 13.0. The van der Waals surface area contributed by atoms with E-state index in [0.29, 0.717) is 16.9 Å². The minimum absolute atomic E-state index is 0.000563. The lowest BCUT2D eigenvalue weighted by molar-refractivity contribution is 0.103. The molecular formula is C17H11ClFN3O2. The van der Waals surface area contributed by atoms with Crippen LogP contribution in [0.25, 0.3) is 0 Å². The maximum Gasteiger partial charge on any atom is 0.225 e. The Balaban J connectivity index is 1.77. The summed E-state index contributed by atoms with van der Waals surface area (Å²) < 4.78 is 18.4. The van der Waals surface area contributed by atoms with Gasteiger partial charge in [-0.1, -0.05) is 11.6 Å². The summed E-state index contributed by atoms with van der Waals surface area (Å²) in [6, 6.07) is 13.2. The molecule has 0 unspecified atom stereocenters. The molecule has 0 aliphatic carbocycles. The van der Waals surface area contributed by atoms with Gasteiger partial charge in [0.25, 0.3) is 0 Å². The molecule has 0 aliphatic rings. The van der Waals surface area contributed by atoms with Crippen LogP contribution < -0.4 is 10.5 Å². The number of rotatable bonds is 4. The number of halogens is 2. The average molecular weight is 344 g/mol. The van der Waals surface area contributed by atoms with E-state index in [4.69, 9.17) is 22.1 Å². The average Bonchev–Trinajstić information content (AvgIpc) is 2.55. The summed E-state index contributed by atoms with van der Waals surface area (Å²) in [5.74, 6) is 0.0551. The highest BCUT2D eigenvalue weighted by atomic mass is 35.5. The van der Waals surface area contributed by atoms with Crippen molar-refractivity contribution in [2.45, 2.75) is 0 Å². The molecule has 3 aromatic rings. The van der Waals surface area contributed by atoms with E-state index in [1.807, 2.05) is 0 Å². The molecule has 0 spiro atoms. The first-order valence-electron chi connectivity index (χ1n) is 6.89. The molecule has 0 radical (unpaired) electrons. The Morgan fingerprint density at radius 1 is 1.00 bits per heavy atom. The lowest BCUT2D eigenvalue weighted by atomic mass is 10.0. The van der Waals surface area contributed by atoms with E-state index in [1.165, 1.54) is 30.3 Å². The monoisotopic (exact) mass is 343 g/mol. The van der Waals surface area contributed by atoms with E-state index in [-0.39, 0.29) is 22.8 Å². The molecule has 7 heteroatoms. The number of benzene rings is 2. The molecule has 0 aliphatic heterocycles. The third kappa shape index (κ3) is 3.67. The minimum Gasteiger partial charge on any atom is -0.439 e. The number of anilines is 1. The SMILES string of the molecule is Nc1nc(Cl)cc(Oc2ccc(C(=O)c3ccc(F)cc3)cc2)n1. The van der Waals surface area contributed by atoms with Crippen molar-refractivity contribution < 1.29 is 13.9 Å². The van der Waals surface area contributed by atoms with Crippen LogP contribution in [-0.2, 0) is 0 Å². The van der Waals surface area contributed by atoms with Gasteiger partial charge in [0.15, 0.2) is 5.78 Å². The summed E-state index contributed by atoms with van der Waals surface area (Å²) in [6.45, 7) is 0. The summed E-state index contributed by atoms with van der Waals surface area (Å²) in [6.07, 6.45) is 0. The molecule has 2 N–H and O–H groups in total. The molecule has 120 valence electrons. The van der Waals surface area contributed by atoms with Crippen molar-refractivity contribution in [3.05, 3.63) is 76.7 Å². The molecule has 0 fully saturated rings. The standard InChI is InChI=1S/C17H11ClFN3O2/c18-14-9-15(22-17(20)21-14)24-13-7-3-11(4-8-13)16(23)10-1-5-12(19)6-2-10/h1-9H,(H2,20,21,22). The van der Waals surface area contributed by atoms with Crippen LogP contribution in [0, 0.1) is 5.82 Å². The van der Waals surface area contributed by atoms with Crippen LogP contribution in [0.15, 0.2) is 54.6 Å². The van der Waals surface area contributed by atoms with Crippen molar-refractivity contribution in [2.75, 3.05) is 5.73 Å². The Morgan fingerprint density at radius 3 is 2.17 bits per heavy atom. The second-order valence-electron chi connectivity index (χ2n) is 4.85. The molecule has 0 amide bonds. The number of nitrogens with zero attached hydrogens (tertiary/aromatic N) is 2. The first-order valence-corrected chi connectivity index (χ1v) is 7.27. The fourth-order valence-corrected chi connectivity index (χ4v) is 2.21. The number of nitrogen functional groups attached to an aromatic ring is 1. The van der Waals surface area contributed by atoms with E-state index in [9.17, 15) is 9.18 Å². The highest BCUT2D eigenvalue weighted by molar-refractivity contribution is 6.29. The van der Waals surface area contributed by atoms with Crippen molar-refractivity contribution in [3.63, 3.8) is 0 Å². The molecule has 2 aromatic carbocycles. The summed E-state index contributed by atoms with van der Waals surface area (Å²) in [4.78, 5) is 19.9. The predicted molar refractivity (Wildman–Crippen MR) is 87.8 cm³/mol. The summed E-state index contributed by atoms with van der Waals surface area (Å²) in [7, 11) is 0. The van der Waals surface area contributed by atoms with Gasteiger partial charge in [0.05, 0.1) is 0 Å². The number of ether oxygens (including phenoxy) is 1. The largest absolute Gasteiger partial charge is 0.439 e. The van der Waals surface area contributed by atoms with E-state index in [2.05, 4.69) is 9.97 Å². The number of carbonyl (C=O) groups excluding carboxylic acids is 1. The molecule has 24 heavy (non-hydrogen) atoms.